The minimum Gasteiger partial charge on any atom is -0.545 e. The second-order valence-corrected chi connectivity index (χ2v) is 5.14. The number of H-pyrrole nitrogens is 1. The van der Waals surface area contributed by atoms with E-state index in [2.05, 4.69) is 4.98 Å². The van der Waals surface area contributed by atoms with Crippen LogP contribution in [0, 0.1) is 0 Å². The summed E-state index contributed by atoms with van der Waals surface area (Å²) in [5.74, 6) is -1.12. The smallest absolute Gasteiger partial charge is 0.0674 e. The lowest BCUT2D eigenvalue weighted by Crippen LogP contribution is -2.24. The number of hydrogen-bond acceptors (Lipinski definition) is 2. The zero-order chi connectivity index (χ0) is 15.5. The molecule has 0 saturated carbocycles. The van der Waals surface area contributed by atoms with Gasteiger partial charge in [-0.1, -0.05) is 55.5 Å². The lowest BCUT2D eigenvalue weighted by Gasteiger charge is -2.07. The van der Waals surface area contributed by atoms with E-state index in [1.807, 2.05) is 61.5 Å². The summed E-state index contributed by atoms with van der Waals surface area (Å²) in [6, 6.07) is 17.8. The lowest BCUT2D eigenvalue weighted by molar-refractivity contribution is -0.299. The van der Waals surface area contributed by atoms with Crippen molar-refractivity contribution in [3.05, 3.63) is 65.7 Å². The van der Waals surface area contributed by atoms with Gasteiger partial charge in [0.15, 0.2) is 0 Å². The molecule has 0 spiro atoms. The number of rotatable bonds is 4. The van der Waals surface area contributed by atoms with Crippen LogP contribution in [0.15, 0.2) is 60.2 Å². The van der Waals surface area contributed by atoms with Crippen molar-refractivity contribution >= 4 is 22.9 Å². The lowest BCUT2D eigenvalue weighted by atomic mass is 10.0. The summed E-state index contributed by atoms with van der Waals surface area (Å²) in [6.45, 7) is 1.82. The van der Waals surface area contributed by atoms with E-state index in [9.17, 15) is 9.90 Å². The predicted octanol–water partition coefficient (Wildman–Crippen LogP) is 3.38. The van der Waals surface area contributed by atoms with Crippen molar-refractivity contribution in [2.24, 2.45) is 0 Å². The molecule has 3 heteroatoms. The van der Waals surface area contributed by atoms with E-state index < -0.39 is 5.97 Å². The van der Waals surface area contributed by atoms with E-state index in [1.165, 1.54) is 0 Å². The van der Waals surface area contributed by atoms with Gasteiger partial charge in [-0.05, 0) is 29.7 Å². The third-order valence-electron chi connectivity index (χ3n) is 3.77. The molecule has 110 valence electrons. The largest absolute Gasteiger partial charge is 0.545 e. The molecule has 0 unspecified atom stereocenters. The monoisotopic (exact) mass is 290 g/mol. The maximum Gasteiger partial charge on any atom is 0.0674 e. The van der Waals surface area contributed by atoms with Crippen LogP contribution >= 0.6 is 0 Å². The SMILES string of the molecule is CC/C(=C\c1c(-c2ccccc2)[nH]c2ccccc12)C(=O)[O-]. The van der Waals surface area contributed by atoms with E-state index in [1.54, 1.807) is 6.08 Å². The molecule has 2 aromatic carbocycles. The summed E-state index contributed by atoms with van der Waals surface area (Å²) in [5.41, 5.74) is 4.12. The number of aromatic amines is 1. The Labute approximate surface area is 128 Å². The van der Waals surface area contributed by atoms with Gasteiger partial charge < -0.3 is 14.9 Å². The van der Waals surface area contributed by atoms with Crippen molar-refractivity contribution in [3.8, 4) is 11.3 Å². The standard InChI is InChI=1S/C19H17NO2/c1-2-13(19(21)22)12-16-15-10-6-7-11-17(15)20-18(16)14-8-4-3-5-9-14/h3-12,20H,2H2,1H3,(H,21,22)/p-1/b13-12+. The van der Waals surface area contributed by atoms with Crippen LogP contribution in [0.1, 0.15) is 18.9 Å². The molecule has 0 aliphatic carbocycles. The van der Waals surface area contributed by atoms with Crippen molar-refractivity contribution in [1.29, 1.82) is 0 Å². The van der Waals surface area contributed by atoms with Crippen LogP contribution in [-0.4, -0.2) is 11.0 Å². The average Bonchev–Trinajstić information content (AvgIpc) is 2.91. The number of carbonyl (C=O) groups excluding carboxylic acids is 1. The molecule has 0 aliphatic heterocycles. The molecule has 1 aromatic heterocycles. The number of para-hydroxylation sites is 1. The Bertz CT molecular complexity index is 844. The fourth-order valence-corrected chi connectivity index (χ4v) is 2.63. The highest BCUT2D eigenvalue weighted by atomic mass is 16.4. The first-order chi connectivity index (χ1) is 10.7. The van der Waals surface area contributed by atoms with Gasteiger partial charge in [-0.3, -0.25) is 0 Å². The fraction of sp³-hybridized carbons (Fsp3) is 0.105. The number of carboxylic acids is 1. The Balaban J connectivity index is 2.29. The Morgan fingerprint density at radius 2 is 1.77 bits per heavy atom. The van der Waals surface area contributed by atoms with Crippen LogP contribution in [-0.2, 0) is 4.79 Å². The van der Waals surface area contributed by atoms with Crippen molar-refractivity contribution in [2.75, 3.05) is 0 Å². The Morgan fingerprint density at radius 1 is 1.09 bits per heavy atom. The van der Waals surface area contributed by atoms with E-state index in [-0.39, 0.29) is 0 Å². The van der Waals surface area contributed by atoms with Crippen molar-refractivity contribution in [1.82, 2.24) is 4.98 Å². The van der Waals surface area contributed by atoms with E-state index in [0.29, 0.717) is 12.0 Å². The molecular formula is C19H16NO2-. The third kappa shape index (κ3) is 2.53. The van der Waals surface area contributed by atoms with Gasteiger partial charge in [0.2, 0.25) is 0 Å². The number of hydrogen-bond donors (Lipinski definition) is 1. The van der Waals surface area contributed by atoms with Gasteiger partial charge in [-0.25, -0.2) is 0 Å². The summed E-state index contributed by atoms with van der Waals surface area (Å²) < 4.78 is 0. The van der Waals surface area contributed by atoms with E-state index in [4.69, 9.17) is 0 Å². The molecule has 0 fully saturated rings. The molecule has 3 aromatic rings. The number of nitrogens with one attached hydrogen (secondary N) is 1. The molecule has 3 rings (SSSR count). The quantitative estimate of drug-likeness (QED) is 0.749. The molecule has 0 bridgehead atoms. The minimum atomic E-state index is -1.12. The molecule has 0 aliphatic rings. The molecule has 22 heavy (non-hydrogen) atoms. The van der Waals surface area contributed by atoms with Crippen LogP contribution in [0.25, 0.3) is 28.2 Å². The summed E-state index contributed by atoms with van der Waals surface area (Å²) >= 11 is 0. The molecule has 0 amide bonds. The molecular weight excluding hydrogens is 274 g/mol. The fourth-order valence-electron chi connectivity index (χ4n) is 2.63. The zero-order valence-corrected chi connectivity index (χ0v) is 12.3. The number of benzene rings is 2. The normalized spacial score (nSPS) is 11.8. The van der Waals surface area contributed by atoms with Gasteiger partial charge >= 0.3 is 0 Å². The van der Waals surface area contributed by atoms with Gasteiger partial charge in [-0.15, -0.1) is 0 Å². The van der Waals surface area contributed by atoms with Gasteiger partial charge in [0, 0.05) is 16.5 Å². The van der Waals surface area contributed by atoms with Gasteiger partial charge in [0.25, 0.3) is 0 Å². The topological polar surface area (TPSA) is 55.9 Å². The second kappa shape index (κ2) is 5.90. The number of carbonyl (C=O) groups is 1. The van der Waals surface area contributed by atoms with Crippen molar-refractivity contribution in [2.45, 2.75) is 13.3 Å². The van der Waals surface area contributed by atoms with Gasteiger partial charge in [-0.2, -0.15) is 0 Å². The molecule has 1 N–H and O–H groups in total. The highest BCUT2D eigenvalue weighted by Crippen LogP contribution is 2.32. The molecule has 0 radical (unpaired) electrons. The summed E-state index contributed by atoms with van der Waals surface area (Å²) in [4.78, 5) is 14.6. The maximum atomic E-state index is 11.3. The third-order valence-corrected chi connectivity index (χ3v) is 3.77. The molecule has 0 saturated heterocycles. The summed E-state index contributed by atoms with van der Waals surface area (Å²) in [7, 11) is 0. The first-order valence-electron chi connectivity index (χ1n) is 7.28. The van der Waals surface area contributed by atoms with E-state index in [0.717, 1.165) is 27.7 Å². The maximum absolute atomic E-state index is 11.3. The second-order valence-electron chi connectivity index (χ2n) is 5.14. The minimum absolute atomic E-state index is 0.293. The first-order valence-corrected chi connectivity index (χ1v) is 7.28. The average molecular weight is 290 g/mol. The van der Waals surface area contributed by atoms with Crippen LogP contribution < -0.4 is 5.11 Å². The molecule has 3 nitrogen and oxygen atoms in total. The summed E-state index contributed by atoms with van der Waals surface area (Å²) in [5, 5.41) is 12.3. The zero-order valence-electron chi connectivity index (χ0n) is 12.3. The predicted molar refractivity (Wildman–Crippen MR) is 87.0 cm³/mol. The highest BCUT2D eigenvalue weighted by Gasteiger charge is 2.11. The number of aliphatic carboxylic acids is 1. The Morgan fingerprint density at radius 3 is 2.45 bits per heavy atom. The number of fused-ring (bicyclic) bond motifs is 1. The van der Waals surface area contributed by atoms with E-state index >= 15 is 0 Å². The first kappa shape index (κ1) is 14.1. The Hall–Kier alpha value is -2.81. The van der Waals surface area contributed by atoms with Crippen LogP contribution in [0.4, 0.5) is 0 Å². The Kier molecular flexibility index (Phi) is 3.79. The number of carboxylic acid groups (broad SMARTS) is 1. The molecule has 0 atom stereocenters. The van der Waals surface area contributed by atoms with Crippen molar-refractivity contribution in [3.63, 3.8) is 0 Å². The highest BCUT2D eigenvalue weighted by molar-refractivity contribution is 6.01. The number of aromatic nitrogens is 1. The van der Waals surface area contributed by atoms with Crippen LogP contribution in [0.2, 0.25) is 0 Å². The van der Waals surface area contributed by atoms with Gasteiger partial charge in [0.1, 0.15) is 0 Å². The van der Waals surface area contributed by atoms with Gasteiger partial charge in [0.05, 0.1) is 11.7 Å². The van der Waals surface area contributed by atoms with Crippen molar-refractivity contribution < 1.29 is 9.90 Å². The van der Waals surface area contributed by atoms with Crippen LogP contribution in [0.5, 0.6) is 0 Å². The molecule has 1 heterocycles. The summed E-state index contributed by atoms with van der Waals surface area (Å²) in [6.07, 6.45) is 2.15. The van der Waals surface area contributed by atoms with Crippen LogP contribution in [0.3, 0.4) is 0 Å².